The van der Waals surface area contributed by atoms with Gasteiger partial charge < -0.3 is 24.8 Å². The number of fused-ring (bicyclic) bond motifs is 1. The first-order chi connectivity index (χ1) is 9.49. The van der Waals surface area contributed by atoms with Crippen LogP contribution in [0.2, 0.25) is 0 Å². The van der Waals surface area contributed by atoms with Gasteiger partial charge >= 0.3 is 21.7 Å². The molecule has 1 atom stereocenters. The zero-order valence-corrected chi connectivity index (χ0v) is 18.2. The van der Waals surface area contributed by atoms with Gasteiger partial charge in [-0.05, 0) is 0 Å². The Hall–Kier alpha value is -0.226. The summed E-state index contributed by atoms with van der Waals surface area (Å²) in [7, 11) is 0.836. The molecule has 0 N–H and O–H groups in total. The summed E-state index contributed by atoms with van der Waals surface area (Å²) in [5.41, 5.74) is 5.35. The molecule has 0 saturated heterocycles. The molecule has 3 rings (SSSR count). The minimum Gasteiger partial charge on any atom is -1.00 e. The second kappa shape index (κ2) is 11.3. The first-order valence-electron chi connectivity index (χ1n) is 6.90. The molecular weight excluding hydrogens is 378 g/mol. The fourth-order valence-electron chi connectivity index (χ4n) is 2.00. The van der Waals surface area contributed by atoms with Gasteiger partial charge in [-0.1, -0.05) is 52.8 Å². The van der Waals surface area contributed by atoms with Crippen LogP contribution >= 0.6 is 8.19 Å². The molecular formula is C19H21Cl2PTi. The molecule has 1 heterocycles. The normalized spacial score (nSPS) is 10.7. The second-order valence-electron chi connectivity index (χ2n) is 5.40. The van der Waals surface area contributed by atoms with Crippen molar-refractivity contribution >= 4 is 20.3 Å². The van der Waals surface area contributed by atoms with Gasteiger partial charge in [-0.15, -0.1) is 39.8 Å². The van der Waals surface area contributed by atoms with Crippen LogP contribution in [0, 0.1) is 26.6 Å². The number of allylic oxidation sites excluding steroid dienone is 2. The third-order valence-corrected chi connectivity index (χ3v) is 4.88. The van der Waals surface area contributed by atoms with Crippen LogP contribution < -0.4 is 35.3 Å². The molecule has 0 bridgehead atoms. The van der Waals surface area contributed by atoms with Crippen molar-refractivity contribution in [3.8, 4) is 0 Å². The summed E-state index contributed by atoms with van der Waals surface area (Å²) >= 11 is 0. The molecule has 0 saturated carbocycles. The summed E-state index contributed by atoms with van der Waals surface area (Å²) in [6, 6.07) is 8.33. The minimum absolute atomic E-state index is 0. The Morgan fingerprint density at radius 2 is 1.61 bits per heavy atom. The smallest absolute Gasteiger partial charge is 1.00 e. The number of hydrogen-bond acceptors (Lipinski definition) is 0. The van der Waals surface area contributed by atoms with E-state index < -0.39 is 0 Å². The summed E-state index contributed by atoms with van der Waals surface area (Å²) in [4.78, 5) is 0. The van der Waals surface area contributed by atoms with Gasteiger partial charge in [-0.25, -0.2) is 0 Å². The summed E-state index contributed by atoms with van der Waals surface area (Å²) in [6.45, 7) is 10.7. The molecule has 120 valence electrons. The summed E-state index contributed by atoms with van der Waals surface area (Å²) < 4.78 is 0. The SMILES string of the molecule is CC(C)=C1[C-]=c2ccccc2=C1.Cc1[c-][pH]c(C)c1C.[Cl-].[Cl-].[Ti+4]. The fraction of sp³-hybridized carbons (Fsp3) is 0.263. The molecule has 2 aromatic rings. The van der Waals surface area contributed by atoms with Crippen LogP contribution in [0.5, 0.6) is 0 Å². The number of aryl methyl sites for hydroxylation is 2. The van der Waals surface area contributed by atoms with Crippen LogP contribution in [-0.4, -0.2) is 0 Å². The van der Waals surface area contributed by atoms with Crippen molar-refractivity contribution in [1.82, 2.24) is 0 Å². The Morgan fingerprint density at radius 3 is 2.00 bits per heavy atom. The van der Waals surface area contributed by atoms with E-state index in [2.05, 4.69) is 70.8 Å². The first-order valence-corrected chi connectivity index (χ1v) is 7.90. The Bertz CT molecular complexity index is 712. The molecule has 0 amide bonds. The molecule has 0 aliphatic heterocycles. The number of benzene rings is 1. The minimum atomic E-state index is 0. The van der Waals surface area contributed by atoms with Crippen molar-refractivity contribution in [2.24, 2.45) is 0 Å². The van der Waals surface area contributed by atoms with Gasteiger partial charge in [0.2, 0.25) is 0 Å². The van der Waals surface area contributed by atoms with Crippen molar-refractivity contribution in [1.29, 1.82) is 0 Å². The zero-order valence-electron chi connectivity index (χ0n) is 14.1. The maximum atomic E-state index is 3.36. The third-order valence-electron chi connectivity index (χ3n) is 3.63. The summed E-state index contributed by atoms with van der Waals surface area (Å²) in [6.07, 6.45) is 5.54. The average molecular weight is 399 g/mol. The Balaban J connectivity index is 0. The van der Waals surface area contributed by atoms with Crippen LogP contribution in [-0.2, 0) is 21.7 Å². The number of rotatable bonds is 0. The first kappa shape index (κ1) is 25.0. The predicted molar refractivity (Wildman–Crippen MR) is 90.9 cm³/mol. The van der Waals surface area contributed by atoms with Crippen molar-refractivity contribution in [3.63, 3.8) is 0 Å². The largest absolute Gasteiger partial charge is 4.00 e. The van der Waals surface area contributed by atoms with Crippen molar-refractivity contribution < 1.29 is 46.5 Å². The molecule has 1 aromatic heterocycles. The summed E-state index contributed by atoms with van der Waals surface area (Å²) in [5.74, 6) is 3.29. The van der Waals surface area contributed by atoms with Gasteiger partial charge in [0, 0.05) is 0 Å². The van der Waals surface area contributed by atoms with Gasteiger partial charge in [-0.2, -0.15) is 22.2 Å². The molecule has 0 nitrogen and oxygen atoms in total. The molecule has 1 aromatic carbocycles. The molecule has 1 unspecified atom stereocenters. The molecule has 0 spiro atoms. The van der Waals surface area contributed by atoms with E-state index in [0.717, 1.165) is 8.19 Å². The standard InChI is InChI=1S/C12H11.C7H10P.2ClH.Ti/c1-9(2)12-7-10-5-3-4-6-11(10)8-12;1-5-4-8-7(3)6(5)2;;;/h3-7H,1-2H3;8H,1-3H3;2*1H;/q2*-1;;;+4/p-2. The van der Waals surface area contributed by atoms with Gasteiger partial charge in [0.15, 0.2) is 0 Å². The Labute approximate surface area is 169 Å². The van der Waals surface area contributed by atoms with E-state index in [9.17, 15) is 0 Å². The van der Waals surface area contributed by atoms with Crippen LogP contribution in [0.15, 0.2) is 35.4 Å². The van der Waals surface area contributed by atoms with E-state index in [-0.39, 0.29) is 46.5 Å². The number of hydrogen-bond donors (Lipinski definition) is 0. The van der Waals surface area contributed by atoms with E-state index in [4.69, 9.17) is 0 Å². The maximum Gasteiger partial charge on any atom is 4.00 e. The van der Waals surface area contributed by atoms with E-state index in [0.29, 0.717) is 0 Å². The quantitative estimate of drug-likeness (QED) is 0.353. The molecule has 1 aliphatic rings. The second-order valence-corrected chi connectivity index (χ2v) is 6.65. The number of halogens is 2. The van der Waals surface area contributed by atoms with Crippen LogP contribution in [0.3, 0.4) is 0 Å². The molecule has 23 heavy (non-hydrogen) atoms. The van der Waals surface area contributed by atoms with Crippen LogP contribution in [0.1, 0.15) is 30.3 Å². The fourth-order valence-corrected chi connectivity index (χ4v) is 2.94. The van der Waals surface area contributed by atoms with E-state index in [1.807, 2.05) is 6.07 Å². The zero-order chi connectivity index (χ0) is 14.7. The van der Waals surface area contributed by atoms with Gasteiger partial charge in [0.25, 0.3) is 0 Å². The van der Waals surface area contributed by atoms with E-state index in [1.165, 1.54) is 38.0 Å². The molecule has 0 fully saturated rings. The Morgan fingerprint density at radius 1 is 1.00 bits per heavy atom. The third kappa shape index (κ3) is 6.65. The van der Waals surface area contributed by atoms with Crippen LogP contribution in [0.4, 0.5) is 0 Å². The Kier molecular flexibility index (Phi) is 12.3. The molecule has 0 radical (unpaired) electrons. The van der Waals surface area contributed by atoms with Gasteiger partial charge in [0.05, 0.1) is 0 Å². The topological polar surface area (TPSA) is 0 Å². The average Bonchev–Trinajstić information content (AvgIpc) is 2.99. The molecule has 4 heteroatoms. The van der Waals surface area contributed by atoms with Crippen molar-refractivity contribution in [3.05, 3.63) is 68.1 Å². The van der Waals surface area contributed by atoms with Gasteiger partial charge in [0.1, 0.15) is 0 Å². The van der Waals surface area contributed by atoms with Crippen molar-refractivity contribution in [2.75, 3.05) is 0 Å². The monoisotopic (exact) mass is 398 g/mol. The van der Waals surface area contributed by atoms with Crippen molar-refractivity contribution in [2.45, 2.75) is 34.6 Å². The van der Waals surface area contributed by atoms with E-state index in [1.54, 1.807) is 0 Å². The van der Waals surface area contributed by atoms with Crippen LogP contribution in [0.25, 0.3) is 12.2 Å². The van der Waals surface area contributed by atoms with E-state index >= 15 is 0 Å². The van der Waals surface area contributed by atoms with Gasteiger partial charge in [-0.3, -0.25) is 8.19 Å². The predicted octanol–water partition coefficient (Wildman–Crippen LogP) is -2.08. The maximum absolute atomic E-state index is 3.36. The summed E-state index contributed by atoms with van der Waals surface area (Å²) in [5, 5.41) is 4.00. The molecule has 1 aliphatic carbocycles.